The normalized spacial score (nSPS) is 13.1. The first kappa shape index (κ1) is 40.5. The number of aromatic nitrogens is 2. The molecule has 0 radical (unpaired) electrons. The average Bonchev–Trinajstić information content (AvgIpc) is 3.43. The number of aliphatic hydroxyl groups excluding tert-OH is 2. The number of rotatable bonds is 34. The smallest absolute Gasteiger partial charge is 0.120 e. The first-order valence-corrected chi connectivity index (χ1v) is 20.1. The Morgan fingerprint density at radius 2 is 0.628 bits per heavy atom. The van der Waals surface area contributed by atoms with E-state index >= 15 is 0 Å². The van der Waals surface area contributed by atoms with Crippen molar-refractivity contribution in [2.45, 2.75) is 232 Å². The summed E-state index contributed by atoms with van der Waals surface area (Å²) in [5.74, 6) is 0. The van der Waals surface area contributed by atoms with Crippen LogP contribution in [0.25, 0.3) is 0 Å². The molecule has 0 saturated heterocycles. The van der Waals surface area contributed by atoms with Crippen LogP contribution in [0.2, 0.25) is 0 Å². The fourth-order valence-corrected chi connectivity index (χ4v) is 7.20. The highest BCUT2D eigenvalue weighted by Crippen LogP contribution is 2.19. The van der Waals surface area contributed by atoms with Gasteiger partial charge in [0.2, 0.25) is 0 Å². The Kier molecular flexibility index (Phi) is 29.6. The topological polar surface area (TPSA) is 66.2 Å². The molecule has 1 aromatic heterocycles. The van der Waals surface area contributed by atoms with Crippen molar-refractivity contribution in [1.82, 2.24) is 10.2 Å². The van der Waals surface area contributed by atoms with Crippen LogP contribution in [0.3, 0.4) is 0 Å². The van der Waals surface area contributed by atoms with E-state index in [-0.39, 0.29) is 12.2 Å². The highest BCUT2D eigenvalue weighted by molar-refractivity contribution is 7.11. The summed E-state index contributed by atoms with van der Waals surface area (Å²) in [7, 11) is 0. The summed E-state index contributed by atoms with van der Waals surface area (Å²) in [4.78, 5) is 0. The Morgan fingerprint density at radius 3 is 0.884 bits per heavy atom. The number of aliphatic hydroxyl groups is 2. The quantitative estimate of drug-likeness (QED) is 0.0750. The molecule has 0 aliphatic rings. The van der Waals surface area contributed by atoms with Crippen molar-refractivity contribution in [3.05, 3.63) is 10.0 Å². The zero-order valence-corrected chi connectivity index (χ0v) is 29.8. The van der Waals surface area contributed by atoms with E-state index in [1.807, 2.05) is 0 Å². The minimum Gasteiger partial charge on any atom is -0.393 e. The molecule has 1 rings (SSSR count). The van der Waals surface area contributed by atoms with Gasteiger partial charge in [0.05, 0.1) is 12.2 Å². The molecule has 0 aliphatic carbocycles. The van der Waals surface area contributed by atoms with E-state index in [0.717, 1.165) is 35.7 Å². The van der Waals surface area contributed by atoms with Crippen molar-refractivity contribution in [3.63, 3.8) is 0 Å². The summed E-state index contributed by atoms with van der Waals surface area (Å²) in [6.45, 7) is 4.57. The van der Waals surface area contributed by atoms with Gasteiger partial charge in [-0.25, -0.2) is 0 Å². The van der Waals surface area contributed by atoms with Gasteiger partial charge in [0.25, 0.3) is 0 Å². The molecule has 43 heavy (non-hydrogen) atoms. The van der Waals surface area contributed by atoms with Crippen LogP contribution in [0.15, 0.2) is 0 Å². The molecule has 0 bridgehead atoms. The third-order valence-electron chi connectivity index (χ3n) is 9.11. The SMILES string of the molecule is CCCCCCCCCCCCCCCCC(O)Cc1nnc(CC(O)CCCCCCCCCCCCCCCC)s1. The fourth-order valence-electron chi connectivity index (χ4n) is 6.21. The van der Waals surface area contributed by atoms with Gasteiger partial charge in [0.1, 0.15) is 10.0 Å². The molecule has 1 aromatic rings. The van der Waals surface area contributed by atoms with Crippen molar-refractivity contribution >= 4 is 11.3 Å². The van der Waals surface area contributed by atoms with Gasteiger partial charge in [-0.05, 0) is 12.8 Å². The lowest BCUT2D eigenvalue weighted by molar-refractivity contribution is 0.159. The van der Waals surface area contributed by atoms with Crippen molar-refractivity contribution in [2.24, 2.45) is 0 Å². The molecule has 2 N–H and O–H groups in total. The number of nitrogens with zero attached hydrogens (tertiary/aromatic N) is 2. The Morgan fingerprint density at radius 1 is 0.395 bits per heavy atom. The number of unbranched alkanes of at least 4 members (excludes halogenated alkanes) is 26. The predicted molar refractivity (Wildman–Crippen MR) is 189 cm³/mol. The molecule has 0 amide bonds. The fraction of sp³-hybridized carbons (Fsp3) is 0.947. The molecule has 0 aliphatic heterocycles. The molecule has 0 fully saturated rings. The lowest BCUT2D eigenvalue weighted by Gasteiger charge is -2.09. The van der Waals surface area contributed by atoms with Crippen LogP contribution < -0.4 is 0 Å². The first-order chi connectivity index (χ1) is 21.2. The van der Waals surface area contributed by atoms with Crippen molar-refractivity contribution in [3.8, 4) is 0 Å². The first-order valence-electron chi connectivity index (χ1n) is 19.3. The molecule has 1 heterocycles. The van der Waals surface area contributed by atoms with E-state index < -0.39 is 0 Å². The van der Waals surface area contributed by atoms with Crippen LogP contribution >= 0.6 is 11.3 Å². The molecule has 2 unspecified atom stereocenters. The standard InChI is InChI=1S/C38H74N2O2S/c1-3-5-7-9-11-13-15-17-19-21-23-25-27-29-31-35(41)33-37-39-40-38(43-37)34-36(42)32-30-28-26-24-22-20-18-16-14-12-10-8-6-4-2/h35-36,41-42H,3-34H2,1-2H3. The lowest BCUT2D eigenvalue weighted by atomic mass is 10.0. The van der Waals surface area contributed by atoms with Crippen LogP contribution in [-0.4, -0.2) is 32.6 Å². The Balaban J connectivity index is 1.91. The minimum atomic E-state index is -0.321. The van der Waals surface area contributed by atoms with Crippen molar-refractivity contribution in [2.75, 3.05) is 0 Å². The summed E-state index contributed by atoms with van der Waals surface area (Å²) in [5.41, 5.74) is 0. The molecule has 254 valence electrons. The van der Waals surface area contributed by atoms with E-state index in [1.165, 1.54) is 167 Å². The largest absolute Gasteiger partial charge is 0.393 e. The molecule has 0 saturated carbocycles. The number of hydrogen-bond acceptors (Lipinski definition) is 5. The predicted octanol–water partition coefficient (Wildman–Crippen LogP) is 12.1. The summed E-state index contributed by atoms with van der Waals surface area (Å²) in [6, 6.07) is 0. The average molecular weight is 623 g/mol. The Hall–Kier alpha value is -0.520. The van der Waals surface area contributed by atoms with Crippen LogP contribution in [0, 0.1) is 0 Å². The Bertz CT molecular complexity index is 628. The molecule has 4 nitrogen and oxygen atoms in total. The van der Waals surface area contributed by atoms with E-state index in [0.29, 0.717) is 12.8 Å². The van der Waals surface area contributed by atoms with Crippen molar-refractivity contribution < 1.29 is 10.2 Å². The summed E-state index contributed by atoms with van der Waals surface area (Å²) in [6.07, 6.45) is 40.3. The third kappa shape index (κ3) is 27.5. The highest BCUT2D eigenvalue weighted by atomic mass is 32.1. The molecule has 2 atom stereocenters. The molecule has 5 heteroatoms. The van der Waals surface area contributed by atoms with Crippen LogP contribution in [0.4, 0.5) is 0 Å². The molecular formula is C38H74N2O2S. The van der Waals surface area contributed by atoms with E-state index in [2.05, 4.69) is 24.0 Å². The Labute approximate surface area is 272 Å². The summed E-state index contributed by atoms with van der Waals surface area (Å²) >= 11 is 1.57. The van der Waals surface area contributed by atoms with Crippen LogP contribution in [0.5, 0.6) is 0 Å². The highest BCUT2D eigenvalue weighted by Gasteiger charge is 2.13. The maximum absolute atomic E-state index is 10.5. The van der Waals surface area contributed by atoms with Gasteiger partial charge in [-0.3, -0.25) is 0 Å². The zero-order valence-electron chi connectivity index (χ0n) is 29.0. The minimum absolute atomic E-state index is 0.321. The van der Waals surface area contributed by atoms with Gasteiger partial charge in [-0.2, -0.15) is 0 Å². The second-order valence-corrected chi connectivity index (χ2v) is 14.7. The molecule has 0 spiro atoms. The summed E-state index contributed by atoms with van der Waals surface area (Å²) < 4.78 is 0. The number of hydrogen-bond donors (Lipinski definition) is 2. The molecular weight excluding hydrogens is 548 g/mol. The molecule has 0 aromatic carbocycles. The van der Waals surface area contributed by atoms with Gasteiger partial charge in [0, 0.05) is 12.8 Å². The van der Waals surface area contributed by atoms with E-state index in [9.17, 15) is 10.2 Å². The second kappa shape index (κ2) is 31.5. The van der Waals surface area contributed by atoms with Crippen LogP contribution in [-0.2, 0) is 12.8 Å². The van der Waals surface area contributed by atoms with Gasteiger partial charge < -0.3 is 10.2 Å². The van der Waals surface area contributed by atoms with Gasteiger partial charge in [-0.1, -0.05) is 194 Å². The summed E-state index contributed by atoms with van der Waals surface area (Å²) in [5, 5.41) is 31.4. The lowest BCUT2D eigenvalue weighted by Crippen LogP contribution is -2.10. The third-order valence-corrected chi connectivity index (χ3v) is 10.1. The van der Waals surface area contributed by atoms with Gasteiger partial charge in [-0.15, -0.1) is 21.5 Å². The van der Waals surface area contributed by atoms with Gasteiger partial charge >= 0.3 is 0 Å². The van der Waals surface area contributed by atoms with E-state index in [4.69, 9.17) is 0 Å². The second-order valence-electron chi connectivity index (χ2n) is 13.6. The monoisotopic (exact) mass is 623 g/mol. The van der Waals surface area contributed by atoms with E-state index in [1.54, 1.807) is 11.3 Å². The van der Waals surface area contributed by atoms with Crippen LogP contribution in [0.1, 0.15) is 216 Å². The van der Waals surface area contributed by atoms with Gasteiger partial charge in [0.15, 0.2) is 0 Å². The zero-order chi connectivity index (χ0) is 31.1. The van der Waals surface area contributed by atoms with Crippen molar-refractivity contribution in [1.29, 1.82) is 0 Å². The maximum atomic E-state index is 10.5. The maximum Gasteiger partial charge on any atom is 0.120 e.